The highest BCUT2D eigenvalue weighted by molar-refractivity contribution is 5.69. The van der Waals surface area contributed by atoms with E-state index in [0.29, 0.717) is 0 Å². The first-order valence-electron chi connectivity index (χ1n) is 10.9. The van der Waals surface area contributed by atoms with Crippen molar-refractivity contribution >= 4 is 5.97 Å². The lowest BCUT2D eigenvalue weighted by molar-refractivity contribution is -0.190. The van der Waals surface area contributed by atoms with Gasteiger partial charge >= 0.3 is 5.97 Å². The summed E-state index contributed by atoms with van der Waals surface area (Å²) in [6.45, 7) is 1.82. The Morgan fingerprint density at radius 3 is 1.74 bits per heavy atom. The molecule has 0 aromatic heterocycles. The van der Waals surface area contributed by atoms with Gasteiger partial charge in [0.1, 0.15) is 18.3 Å². The Kier molecular flexibility index (Phi) is 13.8. The van der Waals surface area contributed by atoms with Crippen LogP contribution in [-0.2, 0) is 14.3 Å². The molecule has 3 N–H and O–H groups in total. The van der Waals surface area contributed by atoms with Crippen LogP contribution in [-0.4, -0.2) is 52.5 Å². The number of hydrogen-bond acceptors (Lipinski definition) is 6. The summed E-state index contributed by atoms with van der Waals surface area (Å²) in [6.07, 6.45) is 11.8. The summed E-state index contributed by atoms with van der Waals surface area (Å²) in [7, 11) is 0. The Bertz CT molecular complexity index is 376. The fraction of sp³-hybridized carbons (Fsp3) is 0.952. The van der Waals surface area contributed by atoms with Crippen LogP contribution in [0, 0.1) is 0 Å². The van der Waals surface area contributed by atoms with Crippen LogP contribution in [0.25, 0.3) is 0 Å². The van der Waals surface area contributed by atoms with Gasteiger partial charge in [0.05, 0.1) is 6.61 Å². The minimum Gasteiger partial charge on any atom is -0.433 e. The van der Waals surface area contributed by atoms with E-state index < -0.39 is 37.2 Å². The number of aliphatic hydroxyl groups excluding tert-OH is 3. The maximum absolute atomic E-state index is 11.8. The number of unbranched alkanes of at least 4 members (excludes halogenated alkanes) is 12. The lowest BCUT2D eigenvalue weighted by atomic mass is 10.0. The number of esters is 1. The van der Waals surface area contributed by atoms with Gasteiger partial charge in [0.25, 0.3) is 0 Å². The van der Waals surface area contributed by atoms with Gasteiger partial charge in [0.15, 0.2) is 0 Å². The topological polar surface area (TPSA) is 96.2 Å². The third-order valence-electron chi connectivity index (χ3n) is 5.23. The van der Waals surface area contributed by atoms with Crippen molar-refractivity contribution in [2.24, 2.45) is 0 Å². The van der Waals surface area contributed by atoms with Crippen LogP contribution >= 0.6 is 0 Å². The molecule has 1 fully saturated rings. The lowest BCUT2D eigenvalue weighted by Gasteiger charge is -2.15. The highest BCUT2D eigenvalue weighted by atomic mass is 16.7. The standard InChI is InChI=1S/C21H40O6/c1-2-3-4-5-6-7-8-9-10-11-12-13-14-15-18(23)27-21-20(25)19(24)17(16-22)26-21/h17,19-22,24-25H,2-16H2,1H3/t17-,19-,20+,21?/m1/s1. The monoisotopic (exact) mass is 388 g/mol. The molecule has 1 saturated heterocycles. The number of carbonyl (C=O) groups excluding carboxylic acids is 1. The average Bonchev–Trinajstić information content (AvgIpc) is 2.93. The summed E-state index contributed by atoms with van der Waals surface area (Å²) in [6, 6.07) is 0. The first kappa shape index (κ1) is 24.3. The van der Waals surface area contributed by atoms with Crippen molar-refractivity contribution < 1.29 is 29.6 Å². The fourth-order valence-electron chi connectivity index (χ4n) is 3.44. The van der Waals surface area contributed by atoms with Crippen LogP contribution in [0.15, 0.2) is 0 Å². The number of ether oxygens (including phenoxy) is 2. The second-order valence-corrected chi connectivity index (χ2v) is 7.69. The molecule has 0 bridgehead atoms. The highest BCUT2D eigenvalue weighted by Gasteiger charge is 2.44. The first-order valence-corrected chi connectivity index (χ1v) is 10.9. The summed E-state index contributed by atoms with van der Waals surface area (Å²) in [4.78, 5) is 11.8. The molecule has 27 heavy (non-hydrogen) atoms. The molecular weight excluding hydrogens is 348 g/mol. The molecule has 160 valence electrons. The molecule has 6 heteroatoms. The zero-order valence-corrected chi connectivity index (χ0v) is 17.0. The van der Waals surface area contributed by atoms with E-state index in [0.717, 1.165) is 19.3 Å². The summed E-state index contributed by atoms with van der Waals surface area (Å²) in [5.41, 5.74) is 0. The van der Waals surface area contributed by atoms with Crippen molar-refractivity contribution in [3.8, 4) is 0 Å². The minimum atomic E-state index is -1.31. The Balaban J connectivity index is 1.90. The maximum Gasteiger partial charge on any atom is 0.308 e. The van der Waals surface area contributed by atoms with E-state index in [1.54, 1.807) is 0 Å². The van der Waals surface area contributed by atoms with Crippen LogP contribution in [0.4, 0.5) is 0 Å². The third-order valence-corrected chi connectivity index (χ3v) is 5.23. The summed E-state index contributed by atoms with van der Waals surface area (Å²) >= 11 is 0. The first-order chi connectivity index (χ1) is 13.1. The molecule has 1 rings (SSSR count). The predicted octanol–water partition coefficient (Wildman–Crippen LogP) is 3.45. The fourth-order valence-corrected chi connectivity index (χ4v) is 3.44. The van der Waals surface area contributed by atoms with Gasteiger partial charge in [0, 0.05) is 6.42 Å². The Hall–Kier alpha value is -0.690. The predicted molar refractivity (Wildman–Crippen MR) is 104 cm³/mol. The van der Waals surface area contributed by atoms with E-state index in [4.69, 9.17) is 14.6 Å². The van der Waals surface area contributed by atoms with Crippen LogP contribution in [0.5, 0.6) is 0 Å². The second-order valence-electron chi connectivity index (χ2n) is 7.69. The maximum atomic E-state index is 11.8. The molecular formula is C21H40O6. The molecule has 0 radical (unpaired) electrons. The van der Waals surface area contributed by atoms with Gasteiger partial charge in [-0.05, 0) is 6.42 Å². The Morgan fingerprint density at radius 2 is 1.30 bits per heavy atom. The zero-order chi connectivity index (χ0) is 19.9. The third kappa shape index (κ3) is 10.4. The van der Waals surface area contributed by atoms with Crippen LogP contribution in [0.3, 0.4) is 0 Å². The molecule has 0 saturated carbocycles. The van der Waals surface area contributed by atoms with Crippen LogP contribution < -0.4 is 0 Å². The van der Waals surface area contributed by atoms with Gasteiger partial charge in [-0.3, -0.25) is 4.79 Å². The number of carbonyl (C=O) groups is 1. The van der Waals surface area contributed by atoms with Gasteiger partial charge in [-0.2, -0.15) is 0 Å². The molecule has 0 amide bonds. The van der Waals surface area contributed by atoms with Crippen molar-refractivity contribution in [3.05, 3.63) is 0 Å². The lowest BCUT2D eigenvalue weighted by Crippen LogP contribution is -2.35. The molecule has 0 spiro atoms. The summed E-state index contributed by atoms with van der Waals surface area (Å²) in [5.74, 6) is -0.437. The van der Waals surface area contributed by atoms with Gasteiger partial charge < -0.3 is 24.8 Å². The van der Waals surface area contributed by atoms with E-state index in [1.807, 2.05) is 0 Å². The Labute approximate surface area is 164 Å². The SMILES string of the molecule is CCCCCCCCCCCCCCCC(=O)OC1O[C@H](CO)[C@@H](O)[C@@H]1O. The number of rotatable bonds is 16. The van der Waals surface area contributed by atoms with Crippen LogP contribution in [0.1, 0.15) is 96.8 Å². The average molecular weight is 389 g/mol. The highest BCUT2D eigenvalue weighted by Crippen LogP contribution is 2.22. The molecule has 1 unspecified atom stereocenters. The van der Waals surface area contributed by atoms with Gasteiger partial charge in [-0.15, -0.1) is 0 Å². The van der Waals surface area contributed by atoms with Gasteiger partial charge in [-0.25, -0.2) is 0 Å². The molecule has 0 aromatic rings. The molecule has 1 heterocycles. The van der Waals surface area contributed by atoms with Crippen molar-refractivity contribution in [1.82, 2.24) is 0 Å². The molecule has 1 aliphatic rings. The Morgan fingerprint density at radius 1 is 0.815 bits per heavy atom. The second kappa shape index (κ2) is 15.3. The van der Waals surface area contributed by atoms with E-state index >= 15 is 0 Å². The summed E-state index contributed by atoms with van der Waals surface area (Å²) < 4.78 is 10.2. The van der Waals surface area contributed by atoms with Crippen molar-refractivity contribution in [2.75, 3.05) is 6.61 Å². The van der Waals surface area contributed by atoms with Crippen molar-refractivity contribution in [2.45, 2.75) is 121 Å². The summed E-state index contributed by atoms with van der Waals surface area (Å²) in [5, 5.41) is 28.3. The smallest absolute Gasteiger partial charge is 0.308 e. The van der Waals surface area contributed by atoms with Crippen LogP contribution in [0.2, 0.25) is 0 Å². The van der Waals surface area contributed by atoms with Gasteiger partial charge in [0.2, 0.25) is 6.29 Å². The quantitative estimate of drug-likeness (QED) is 0.277. The molecule has 6 nitrogen and oxygen atoms in total. The zero-order valence-electron chi connectivity index (χ0n) is 17.0. The number of hydrogen-bond donors (Lipinski definition) is 3. The van der Waals surface area contributed by atoms with Crippen molar-refractivity contribution in [3.63, 3.8) is 0 Å². The normalized spacial score (nSPS) is 25.0. The van der Waals surface area contributed by atoms with Gasteiger partial charge in [-0.1, -0.05) is 84.0 Å². The van der Waals surface area contributed by atoms with Crippen molar-refractivity contribution in [1.29, 1.82) is 0 Å². The van der Waals surface area contributed by atoms with E-state index in [1.165, 1.54) is 64.2 Å². The molecule has 0 aromatic carbocycles. The van der Waals surface area contributed by atoms with E-state index in [2.05, 4.69) is 6.92 Å². The van der Waals surface area contributed by atoms with E-state index in [9.17, 15) is 15.0 Å². The molecule has 4 atom stereocenters. The molecule has 1 aliphatic heterocycles. The number of aliphatic hydroxyl groups is 3. The molecule has 0 aliphatic carbocycles. The largest absolute Gasteiger partial charge is 0.433 e. The van der Waals surface area contributed by atoms with E-state index in [-0.39, 0.29) is 6.42 Å². The minimum absolute atomic E-state index is 0.282.